The second-order valence-electron chi connectivity index (χ2n) is 4.40. The molecule has 1 saturated heterocycles. The molecule has 1 aromatic carbocycles. The Bertz CT molecular complexity index is 380. The third-order valence-electron chi connectivity index (χ3n) is 3.03. The molecule has 0 radical (unpaired) electrons. The zero-order valence-corrected chi connectivity index (χ0v) is 10.3. The van der Waals surface area contributed by atoms with E-state index in [1.54, 1.807) is 0 Å². The molecule has 2 rings (SSSR count). The van der Waals surface area contributed by atoms with Crippen LogP contribution in [0.25, 0.3) is 0 Å². The third-order valence-corrected chi connectivity index (χ3v) is 3.03. The van der Waals surface area contributed by atoms with Crippen LogP contribution in [0.2, 0.25) is 0 Å². The molecule has 0 N–H and O–H groups in total. The van der Waals surface area contributed by atoms with Gasteiger partial charge in [-0.05, 0) is 24.6 Å². The Hall–Kier alpha value is -1.35. The smallest absolute Gasteiger partial charge is 0.135 e. The van der Waals surface area contributed by atoms with Gasteiger partial charge in [-0.3, -0.25) is 9.69 Å². The number of nitrogens with zero attached hydrogens (tertiary/aromatic N) is 1. The molecule has 0 aliphatic carbocycles. The molecule has 3 nitrogen and oxygen atoms in total. The maximum atomic E-state index is 11.2. The van der Waals surface area contributed by atoms with Gasteiger partial charge >= 0.3 is 0 Å². The van der Waals surface area contributed by atoms with Crippen molar-refractivity contribution in [2.45, 2.75) is 26.3 Å². The van der Waals surface area contributed by atoms with Gasteiger partial charge in [0.2, 0.25) is 0 Å². The number of hydrogen-bond acceptors (Lipinski definition) is 3. The molecule has 1 aromatic rings. The highest BCUT2D eigenvalue weighted by atomic mass is 16.5. The number of ether oxygens (including phenoxy) is 1. The average Bonchev–Trinajstić information content (AvgIpc) is 2.33. The van der Waals surface area contributed by atoms with Crippen LogP contribution in [-0.2, 0) is 11.3 Å². The first-order valence-corrected chi connectivity index (χ1v) is 6.23. The lowest BCUT2D eigenvalue weighted by Crippen LogP contribution is -2.33. The summed E-state index contributed by atoms with van der Waals surface area (Å²) in [7, 11) is 0. The number of ketones is 1. The first kappa shape index (κ1) is 12.1. The minimum absolute atomic E-state index is 0.393. The van der Waals surface area contributed by atoms with Gasteiger partial charge in [0.15, 0.2) is 0 Å². The van der Waals surface area contributed by atoms with E-state index in [0.29, 0.717) is 25.2 Å². The average molecular weight is 233 g/mol. The van der Waals surface area contributed by atoms with Crippen molar-refractivity contribution in [1.82, 2.24) is 4.90 Å². The van der Waals surface area contributed by atoms with Gasteiger partial charge in [-0.1, -0.05) is 12.1 Å². The molecule has 0 aromatic heterocycles. The van der Waals surface area contributed by atoms with Crippen LogP contribution in [0.5, 0.6) is 5.75 Å². The lowest BCUT2D eigenvalue weighted by Gasteiger charge is -2.25. The van der Waals surface area contributed by atoms with E-state index in [1.165, 1.54) is 5.56 Å². The summed E-state index contributed by atoms with van der Waals surface area (Å²) in [6.07, 6.45) is 1.40. The van der Waals surface area contributed by atoms with Gasteiger partial charge in [0.1, 0.15) is 11.5 Å². The Balaban J connectivity index is 1.93. The van der Waals surface area contributed by atoms with Crippen molar-refractivity contribution >= 4 is 5.78 Å². The molecule has 0 saturated carbocycles. The summed E-state index contributed by atoms with van der Waals surface area (Å²) in [5.74, 6) is 1.32. The molecule has 1 aliphatic rings. The van der Waals surface area contributed by atoms with Crippen LogP contribution in [-0.4, -0.2) is 30.4 Å². The predicted molar refractivity (Wildman–Crippen MR) is 67.1 cm³/mol. The Kier molecular flexibility index (Phi) is 4.15. The molecule has 0 spiro atoms. The summed E-state index contributed by atoms with van der Waals surface area (Å²) in [4.78, 5) is 13.5. The molecule has 3 heteroatoms. The molecular formula is C14H19NO2. The fraction of sp³-hybridized carbons (Fsp3) is 0.500. The van der Waals surface area contributed by atoms with E-state index in [9.17, 15) is 4.79 Å². The predicted octanol–water partition coefficient (Wildman–Crippen LogP) is 2.25. The van der Waals surface area contributed by atoms with Crippen LogP contribution in [0, 0.1) is 0 Å². The number of rotatable bonds is 4. The molecule has 0 atom stereocenters. The van der Waals surface area contributed by atoms with Crippen molar-refractivity contribution in [2.75, 3.05) is 19.7 Å². The van der Waals surface area contributed by atoms with Crippen LogP contribution in [0.4, 0.5) is 0 Å². The van der Waals surface area contributed by atoms with Gasteiger partial charge < -0.3 is 4.74 Å². The SMILES string of the molecule is CCOc1cccc(CN2CCC(=O)CC2)c1. The van der Waals surface area contributed by atoms with Crippen LogP contribution >= 0.6 is 0 Å². The molecule has 0 amide bonds. The fourth-order valence-electron chi connectivity index (χ4n) is 2.12. The quantitative estimate of drug-likeness (QED) is 0.799. The summed E-state index contributed by atoms with van der Waals surface area (Å²) in [5.41, 5.74) is 1.25. The number of piperidine rings is 1. The molecular weight excluding hydrogens is 214 g/mol. The molecule has 1 aliphatic heterocycles. The first-order chi connectivity index (χ1) is 8.28. The van der Waals surface area contributed by atoms with Crippen molar-refractivity contribution in [1.29, 1.82) is 0 Å². The largest absolute Gasteiger partial charge is 0.494 e. The zero-order chi connectivity index (χ0) is 12.1. The second-order valence-corrected chi connectivity index (χ2v) is 4.40. The van der Waals surface area contributed by atoms with E-state index in [2.05, 4.69) is 17.0 Å². The summed E-state index contributed by atoms with van der Waals surface area (Å²) in [6, 6.07) is 8.20. The molecule has 17 heavy (non-hydrogen) atoms. The van der Waals surface area contributed by atoms with Crippen LogP contribution < -0.4 is 4.74 Å². The van der Waals surface area contributed by atoms with Crippen molar-refractivity contribution in [3.8, 4) is 5.75 Å². The Labute approximate surface area is 102 Å². The van der Waals surface area contributed by atoms with Gasteiger partial charge in [0, 0.05) is 32.5 Å². The van der Waals surface area contributed by atoms with Crippen LogP contribution in [0.3, 0.4) is 0 Å². The first-order valence-electron chi connectivity index (χ1n) is 6.23. The van der Waals surface area contributed by atoms with Crippen molar-refractivity contribution in [2.24, 2.45) is 0 Å². The highest BCUT2D eigenvalue weighted by Gasteiger charge is 2.15. The van der Waals surface area contributed by atoms with Gasteiger partial charge in [-0.2, -0.15) is 0 Å². The molecule has 0 bridgehead atoms. The Morgan fingerprint density at radius 1 is 1.29 bits per heavy atom. The summed E-state index contributed by atoms with van der Waals surface area (Å²) in [5, 5.41) is 0. The molecule has 1 fully saturated rings. The van der Waals surface area contributed by atoms with Crippen LogP contribution in [0.15, 0.2) is 24.3 Å². The van der Waals surface area contributed by atoms with Gasteiger partial charge in [0.25, 0.3) is 0 Å². The number of carbonyl (C=O) groups excluding carboxylic acids is 1. The van der Waals surface area contributed by atoms with E-state index >= 15 is 0 Å². The summed E-state index contributed by atoms with van der Waals surface area (Å²) in [6.45, 7) is 5.37. The number of Topliss-reactive ketones (excluding diaryl/α,β-unsaturated/α-hetero) is 1. The monoisotopic (exact) mass is 233 g/mol. The maximum Gasteiger partial charge on any atom is 0.135 e. The van der Waals surface area contributed by atoms with E-state index < -0.39 is 0 Å². The van der Waals surface area contributed by atoms with Gasteiger partial charge in [-0.25, -0.2) is 0 Å². The van der Waals surface area contributed by atoms with Crippen molar-refractivity contribution in [3.63, 3.8) is 0 Å². The third kappa shape index (κ3) is 3.56. The van der Waals surface area contributed by atoms with E-state index in [0.717, 1.165) is 25.4 Å². The highest BCUT2D eigenvalue weighted by molar-refractivity contribution is 5.79. The number of hydrogen-bond donors (Lipinski definition) is 0. The maximum absolute atomic E-state index is 11.2. The second kappa shape index (κ2) is 5.82. The normalized spacial score (nSPS) is 17.1. The molecule has 92 valence electrons. The van der Waals surface area contributed by atoms with E-state index in [4.69, 9.17) is 4.74 Å². The number of carbonyl (C=O) groups is 1. The van der Waals surface area contributed by atoms with Gasteiger partial charge in [-0.15, -0.1) is 0 Å². The zero-order valence-electron chi connectivity index (χ0n) is 10.3. The standard InChI is InChI=1S/C14H19NO2/c1-2-17-14-5-3-4-12(10-14)11-15-8-6-13(16)7-9-15/h3-5,10H,2,6-9,11H2,1H3. The van der Waals surface area contributed by atoms with Crippen molar-refractivity contribution < 1.29 is 9.53 Å². The van der Waals surface area contributed by atoms with Crippen LogP contribution in [0.1, 0.15) is 25.3 Å². The topological polar surface area (TPSA) is 29.5 Å². The Morgan fingerprint density at radius 3 is 2.76 bits per heavy atom. The van der Waals surface area contributed by atoms with E-state index in [-0.39, 0.29) is 0 Å². The van der Waals surface area contributed by atoms with E-state index in [1.807, 2.05) is 19.1 Å². The highest BCUT2D eigenvalue weighted by Crippen LogP contribution is 2.16. The number of likely N-dealkylation sites (tertiary alicyclic amines) is 1. The summed E-state index contributed by atoms with van der Waals surface area (Å²) >= 11 is 0. The minimum Gasteiger partial charge on any atom is -0.494 e. The molecule has 0 unspecified atom stereocenters. The fourth-order valence-corrected chi connectivity index (χ4v) is 2.12. The summed E-state index contributed by atoms with van der Waals surface area (Å²) < 4.78 is 5.48. The lowest BCUT2D eigenvalue weighted by atomic mass is 10.1. The van der Waals surface area contributed by atoms with Gasteiger partial charge in [0.05, 0.1) is 6.61 Å². The number of benzene rings is 1. The van der Waals surface area contributed by atoms with Crippen molar-refractivity contribution in [3.05, 3.63) is 29.8 Å². The molecule has 1 heterocycles. The Morgan fingerprint density at radius 2 is 2.06 bits per heavy atom. The lowest BCUT2D eigenvalue weighted by molar-refractivity contribution is -0.121. The minimum atomic E-state index is 0.393.